The van der Waals surface area contributed by atoms with E-state index in [1.54, 1.807) is 0 Å². The van der Waals surface area contributed by atoms with Gasteiger partial charge in [0.05, 0.1) is 19.3 Å². The van der Waals surface area contributed by atoms with Crippen LogP contribution in [-0.2, 0) is 16.0 Å². The van der Waals surface area contributed by atoms with Crippen LogP contribution in [0.2, 0.25) is 0 Å². The Morgan fingerprint density at radius 1 is 1.20 bits per heavy atom. The standard InChI is InChI=1S/C18H27N3O3S/c1-14-3-10-25-17(14)13-20-11-15-16(12-20)24-18(22)21(15)5-2-4-19-6-8-23-9-7-19/h3,10,15-16H,2,4-9,11-13H2,1H3/t15-,16+/m1/s1. The Bertz CT molecular complexity index is 602. The van der Waals surface area contributed by atoms with Crippen molar-refractivity contribution in [3.63, 3.8) is 0 Å². The molecule has 3 aliphatic rings. The molecule has 3 saturated heterocycles. The summed E-state index contributed by atoms with van der Waals surface area (Å²) in [4.78, 5) is 20.4. The number of amides is 1. The second kappa shape index (κ2) is 7.61. The Labute approximate surface area is 153 Å². The highest BCUT2D eigenvalue weighted by atomic mass is 32.1. The van der Waals surface area contributed by atoms with Gasteiger partial charge in [0.2, 0.25) is 0 Å². The summed E-state index contributed by atoms with van der Waals surface area (Å²) in [7, 11) is 0. The number of carbonyl (C=O) groups is 1. The predicted molar refractivity (Wildman–Crippen MR) is 97.0 cm³/mol. The summed E-state index contributed by atoms with van der Waals surface area (Å²) in [5.74, 6) is 0. The minimum Gasteiger partial charge on any atom is -0.442 e. The molecule has 7 heteroatoms. The minimum absolute atomic E-state index is 0.0381. The van der Waals surface area contributed by atoms with Gasteiger partial charge in [0, 0.05) is 50.7 Å². The average molecular weight is 365 g/mol. The van der Waals surface area contributed by atoms with Crippen LogP contribution < -0.4 is 0 Å². The highest BCUT2D eigenvalue weighted by Crippen LogP contribution is 2.29. The molecular formula is C18H27N3O3S. The van der Waals surface area contributed by atoms with Gasteiger partial charge in [-0.2, -0.15) is 0 Å². The van der Waals surface area contributed by atoms with Gasteiger partial charge in [-0.25, -0.2) is 4.79 Å². The van der Waals surface area contributed by atoms with E-state index in [0.717, 1.165) is 65.4 Å². The summed E-state index contributed by atoms with van der Waals surface area (Å²) in [6.45, 7) is 10.4. The lowest BCUT2D eigenvalue weighted by atomic mass is 10.2. The van der Waals surface area contributed by atoms with Crippen molar-refractivity contribution in [1.82, 2.24) is 14.7 Å². The van der Waals surface area contributed by atoms with Gasteiger partial charge in [0.1, 0.15) is 6.10 Å². The first kappa shape index (κ1) is 17.3. The number of hydrogen-bond donors (Lipinski definition) is 0. The van der Waals surface area contributed by atoms with Crippen LogP contribution in [0.15, 0.2) is 11.4 Å². The molecule has 0 spiro atoms. The highest BCUT2D eigenvalue weighted by Gasteiger charge is 2.47. The molecule has 0 aliphatic carbocycles. The first-order valence-electron chi connectivity index (χ1n) is 9.23. The molecule has 0 unspecified atom stereocenters. The van der Waals surface area contributed by atoms with Gasteiger partial charge >= 0.3 is 6.09 Å². The van der Waals surface area contributed by atoms with Gasteiger partial charge in [0.15, 0.2) is 0 Å². The second-order valence-corrected chi connectivity index (χ2v) is 8.21. The average Bonchev–Trinajstić information content (AvgIpc) is 3.26. The fourth-order valence-electron chi connectivity index (χ4n) is 4.03. The number of hydrogen-bond acceptors (Lipinski definition) is 6. The van der Waals surface area contributed by atoms with Crippen molar-refractivity contribution in [2.45, 2.75) is 32.0 Å². The molecule has 0 saturated carbocycles. The number of ether oxygens (including phenoxy) is 2. The smallest absolute Gasteiger partial charge is 0.410 e. The molecule has 25 heavy (non-hydrogen) atoms. The van der Waals surface area contributed by atoms with Gasteiger partial charge in [-0.15, -0.1) is 11.3 Å². The van der Waals surface area contributed by atoms with Crippen molar-refractivity contribution in [2.75, 3.05) is 52.5 Å². The van der Waals surface area contributed by atoms with Crippen molar-refractivity contribution in [3.05, 3.63) is 21.9 Å². The lowest BCUT2D eigenvalue weighted by Crippen LogP contribution is -2.41. The number of fused-ring (bicyclic) bond motifs is 1. The molecular weight excluding hydrogens is 338 g/mol. The molecule has 0 N–H and O–H groups in total. The maximum atomic E-state index is 12.2. The Balaban J connectivity index is 1.28. The predicted octanol–water partition coefficient (Wildman–Crippen LogP) is 1.78. The third kappa shape index (κ3) is 3.84. The quantitative estimate of drug-likeness (QED) is 0.769. The maximum absolute atomic E-state index is 12.2. The molecule has 3 fully saturated rings. The van der Waals surface area contributed by atoms with E-state index in [4.69, 9.17) is 9.47 Å². The molecule has 1 aromatic heterocycles. The molecule has 2 atom stereocenters. The summed E-state index contributed by atoms with van der Waals surface area (Å²) in [6.07, 6.45) is 0.919. The zero-order valence-electron chi connectivity index (χ0n) is 14.9. The van der Waals surface area contributed by atoms with E-state index in [1.165, 1.54) is 10.4 Å². The van der Waals surface area contributed by atoms with Crippen LogP contribution in [0, 0.1) is 6.92 Å². The topological polar surface area (TPSA) is 45.2 Å². The second-order valence-electron chi connectivity index (χ2n) is 7.21. The number of aryl methyl sites for hydroxylation is 1. The van der Waals surface area contributed by atoms with E-state index in [-0.39, 0.29) is 18.2 Å². The monoisotopic (exact) mass is 365 g/mol. The fraction of sp³-hybridized carbons (Fsp3) is 0.722. The third-order valence-corrected chi connectivity index (χ3v) is 6.52. The Hall–Kier alpha value is -1.15. The van der Waals surface area contributed by atoms with E-state index in [1.807, 2.05) is 16.2 Å². The number of thiophene rings is 1. The van der Waals surface area contributed by atoms with Crippen LogP contribution in [0.5, 0.6) is 0 Å². The maximum Gasteiger partial charge on any atom is 0.410 e. The highest BCUT2D eigenvalue weighted by molar-refractivity contribution is 7.10. The number of likely N-dealkylation sites (tertiary alicyclic amines) is 1. The fourth-order valence-corrected chi connectivity index (χ4v) is 4.97. The summed E-state index contributed by atoms with van der Waals surface area (Å²) >= 11 is 1.82. The van der Waals surface area contributed by atoms with Crippen LogP contribution in [0.25, 0.3) is 0 Å². The number of morpholine rings is 1. The molecule has 138 valence electrons. The lowest BCUT2D eigenvalue weighted by Gasteiger charge is -2.28. The van der Waals surface area contributed by atoms with Crippen LogP contribution in [0.1, 0.15) is 16.9 Å². The molecule has 0 radical (unpaired) electrons. The zero-order chi connectivity index (χ0) is 17.2. The van der Waals surface area contributed by atoms with Crippen LogP contribution in [-0.4, -0.2) is 85.4 Å². The lowest BCUT2D eigenvalue weighted by molar-refractivity contribution is 0.0362. The number of carbonyl (C=O) groups excluding carboxylic acids is 1. The molecule has 4 heterocycles. The normalized spacial score (nSPS) is 27.7. The van der Waals surface area contributed by atoms with E-state index < -0.39 is 0 Å². The van der Waals surface area contributed by atoms with Gasteiger partial charge < -0.3 is 14.4 Å². The zero-order valence-corrected chi connectivity index (χ0v) is 15.7. The van der Waals surface area contributed by atoms with Crippen molar-refractivity contribution in [1.29, 1.82) is 0 Å². The Kier molecular flexibility index (Phi) is 5.26. The van der Waals surface area contributed by atoms with Gasteiger partial charge in [-0.3, -0.25) is 9.80 Å². The molecule has 1 amide bonds. The van der Waals surface area contributed by atoms with Gasteiger partial charge in [0.25, 0.3) is 0 Å². The Morgan fingerprint density at radius 3 is 2.80 bits per heavy atom. The van der Waals surface area contributed by atoms with E-state index in [0.29, 0.717) is 0 Å². The minimum atomic E-state index is -0.121. The molecule has 3 aliphatic heterocycles. The van der Waals surface area contributed by atoms with Crippen molar-refractivity contribution in [3.8, 4) is 0 Å². The largest absolute Gasteiger partial charge is 0.442 e. The summed E-state index contributed by atoms with van der Waals surface area (Å²) in [5, 5.41) is 2.15. The van der Waals surface area contributed by atoms with Crippen molar-refractivity contribution < 1.29 is 14.3 Å². The first-order valence-corrected chi connectivity index (χ1v) is 10.1. The number of nitrogens with zero attached hydrogens (tertiary/aromatic N) is 3. The summed E-state index contributed by atoms with van der Waals surface area (Å²) in [6, 6.07) is 2.40. The SMILES string of the molecule is Cc1ccsc1CN1C[C@@H]2OC(=O)N(CCCN3CCOCC3)[C@@H]2C1. The van der Waals surface area contributed by atoms with Gasteiger partial charge in [-0.1, -0.05) is 0 Å². The van der Waals surface area contributed by atoms with Crippen LogP contribution in [0.4, 0.5) is 4.79 Å². The third-order valence-electron chi connectivity index (χ3n) is 5.51. The molecule has 0 bridgehead atoms. The summed E-state index contributed by atoms with van der Waals surface area (Å²) < 4.78 is 11.0. The van der Waals surface area contributed by atoms with E-state index >= 15 is 0 Å². The molecule has 0 aromatic carbocycles. The van der Waals surface area contributed by atoms with Crippen LogP contribution in [0.3, 0.4) is 0 Å². The Morgan fingerprint density at radius 2 is 2.04 bits per heavy atom. The van der Waals surface area contributed by atoms with E-state index in [2.05, 4.69) is 28.2 Å². The van der Waals surface area contributed by atoms with Gasteiger partial charge in [-0.05, 0) is 30.4 Å². The summed E-state index contributed by atoms with van der Waals surface area (Å²) in [5.41, 5.74) is 1.36. The molecule has 1 aromatic rings. The van der Waals surface area contributed by atoms with E-state index in [9.17, 15) is 4.79 Å². The van der Waals surface area contributed by atoms with Crippen LogP contribution >= 0.6 is 11.3 Å². The van der Waals surface area contributed by atoms with Crippen molar-refractivity contribution >= 4 is 17.4 Å². The van der Waals surface area contributed by atoms with Crippen molar-refractivity contribution in [2.24, 2.45) is 0 Å². The number of rotatable bonds is 6. The molecule has 6 nitrogen and oxygen atoms in total. The molecule has 4 rings (SSSR count). The first-order chi connectivity index (χ1) is 12.2.